The molecule has 0 aromatic heterocycles. The van der Waals surface area contributed by atoms with E-state index in [4.69, 9.17) is 0 Å². The smallest absolute Gasteiger partial charge is 0.253 e. The van der Waals surface area contributed by atoms with Crippen molar-refractivity contribution >= 4 is 11.8 Å². The van der Waals surface area contributed by atoms with E-state index in [2.05, 4.69) is 0 Å². The molecule has 2 fully saturated rings. The van der Waals surface area contributed by atoms with Crippen molar-refractivity contribution in [1.29, 1.82) is 0 Å². The van der Waals surface area contributed by atoms with E-state index in [9.17, 15) is 9.59 Å². The maximum Gasteiger partial charge on any atom is 0.253 e. The van der Waals surface area contributed by atoms with Crippen LogP contribution in [0.1, 0.15) is 65.7 Å². The van der Waals surface area contributed by atoms with Crippen LogP contribution in [0.3, 0.4) is 0 Å². The van der Waals surface area contributed by atoms with Crippen molar-refractivity contribution in [1.82, 2.24) is 9.80 Å². The molecular weight excluding hydrogens is 288 g/mol. The molecule has 2 aliphatic rings. The van der Waals surface area contributed by atoms with Crippen molar-refractivity contribution in [3.8, 4) is 0 Å². The largest absolute Gasteiger partial charge is 0.339 e. The molecular formula is C19H26N2O2. The second kappa shape index (κ2) is 7.62. The Morgan fingerprint density at radius 3 is 1.48 bits per heavy atom. The molecule has 3 rings (SSSR count). The van der Waals surface area contributed by atoms with E-state index in [0.29, 0.717) is 11.1 Å². The number of carbonyl (C=O) groups excluding carboxylic acids is 2. The zero-order valence-corrected chi connectivity index (χ0v) is 13.8. The summed E-state index contributed by atoms with van der Waals surface area (Å²) < 4.78 is 0. The summed E-state index contributed by atoms with van der Waals surface area (Å²) in [5, 5.41) is 0. The molecule has 0 bridgehead atoms. The first-order valence-electron chi connectivity index (χ1n) is 8.94. The summed E-state index contributed by atoms with van der Waals surface area (Å²) in [7, 11) is 0. The van der Waals surface area contributed by atoms with Gasteiger partial charge >= 0.3 is 0 Å². The summed E-state index contributed by atoms with van der Waals surface area (Å²) in [4.78, 5) is 29.2. The summed E-state index contributed by atoms with van der Waals surface area (Å²) in [6.07, 6.45) is 7.94. The standard InChI is InChI=1S/C19H26N2O2/c22-18(20-11-4-1-2-5-12-20)16-9-8-10-17(15-16)19(23)21-13-6-3-7-14-21/h8-10,15H,1-7,11-14H2. The monoisotopic (exact) mass is 314 g/mol. The summed E-state index contributed by atoms with van der Waals surface area (Å²) in [5.74, 6) is 0.135. The lowest BCUT2D eigenvalue weighted by Gasteiger charge is -2.27. The molecule has 124 valence electrons. The van der Waals surface area contributed by atoms with Gasteiger partial charge in [-0.05, 0) is 50.3 Å². The highest BCUT2D eigenvalue weighted by Gasteiger charge is 2.21. The number of hydrogen-bond acceptors (Lipinski definition) is 2. The van der Waals surface area contributed by atoms with Crippen LogP contribution in [0.5, 0.6) is 0 Å². The maximum atomic E-state index is 12.7. The predicted octanol–water partition coefficient (Wildman–Crippen LogP) is 3.33. The highest BCUT2D eigenvalue weighted by molar-refractivity contribution is 5.99. The maximum absolute atomic E-state index is 12.7. The SMILES string of the molecule is O=C(c1cccc(C(=O)N2CCCCC2)c1)N1CCCCCC1. The average molecular weight is 314 g/mol. The fourth-order valence-corrected chi connectivity index (χ4v) is 3.52. The number of hydrogen-bond donors (Lipinski definition) is 0. The van der Waals surface area contributed by atoms with Crippen molar-refractivity contribution in [2.75, 3.05) is 26.2 Å². The lowest BCUT2D eigenvalue weighted by molar-refractivity contribution is 0.0724. The minimum atomic E-state index is 0.0650. The van der Waals surface area contributed by atoms with Gasteiger partial charge in [-0.3, -0.25) is 9.59 Å². The number of rotatable bonds is 2. The van der Waals surface area contributed by atoms with Gasteiger partial charge in [-0.1, -0.05) is 18.9 Å². The van der Waals surface area contributed by atoms with Crippen LogP contribution in [0.15, 0.2) is 24.3 Å². The van der Waals surface area contributed by atoms with Crippen LogP contribution in [0.2, 0.25) is 0 Å². The molecule has 2 aliphatic heterocycles. The Bertz CT molecular complexity index is 556. The number of nitrogens with zero attached hydrogens (tertiary/aromatic N) is 2. The van der Waals surface area contributed by atoms with E-state index in [1.807, 2.05) is 28.0 Å². The molecule has 0 aliphatic carbocycles. The molecule has 2 saturated heterocycles. The predicted molar refractivity (Wildman–Crippen MR) is 90.6 cm³/mol. The Kier molecular flexibility index (Phi) is 5.31. The minimum absolute atomic E-state index is 0.0650. The summed E-state index contributed by atoms with van der Waals surface area (Å²) in [6.45, 7) is 3.35. The van der Waals surface area contributed by atoms with Gasteiger partial charge in [0.1, 0.15) is 0 Å². The molecule has 0 spiro atoms. The molecule has 2 heterocycles. The zero-order valence-electron chi connectivity index (χ0n) is 13.8. The molecule has 0 atom stereocenters. The molecule has 0 unspecified atom stereocenters. The van der Waals surface area contributed by atoms with Crippen LogP contribution in [0.4, 0.5) is 0 Å². The third kappa shape index (κ3) is 3.92. The fraction of sp³-hybridized carbons (Fsp3) is 0.579. The van der Waals surface area contributed by atoms with Crippen LogP contribution in [-0.2, 0) is 0 Å². The number of piperidine rings is 1. The van der Waals surface area contributed by atoms with E-state index in [1.165, 1.54) is 19.3 Å². The van der Waals surface area contributed by atoms with Gasteiger partial charge in [0, 0.05) is 37.3 Å². The topological polar surface area (TPSA) is 40.6 Å². The fourth-order valence-electron chi connectivity index (χ4n) is 3.52. The first-order chi connectivity index (χ1) is 11.3. The number of benzene rings is 1. The molecule has 1 aromatic rings. The first-order valence-corrected chi connectivity index (χ1v) is 8.94. The van der Waals surface area contributed by atoms with Crippen LogP contribution >= 0.6 is 0 Å². The van der Waals surface area contributed by atoms with Crippen molar-refractivity contribution in [2.24, 2.45) is 0 Å². The van der Waals surface area contributed by atoms with E-state index >= 15 is 0 Å². The van der Waals surface area contributed by atoms with Gasteiger partial charge in [0.05, 0.1) is 0 Å². The van der Waals surface area contributed by atoms with Crippen molar-refractivity contribution in [3.05, 3.63) is 35.4 Å². The Balaban J connectivity index is 1.73. The Morgan fingerprint density at radius 2 is 1.04 bits per heavy atom. The molecule has 0 N–H and O–H groups in total. The first kappa shape index (κ1) is 16.0. The van der Waals surface area contributed by atoms with E-state index in [-0.39, 0.29) is 11.8 Å². The van der Waals surface area contributed by atoms with E-state index < -0.39 is 0 Å². The molecule has 0 saturated carbocycles. The van der Waals surface area contributed by atoms with Crippen molar-refractivity contribution in [3.63, 3.8) is 0 Å². The quantitative estimate of drug-likeness (QED) is 0.840. The highest BCUT2D eigenvalue weighted by atomic mass is 16.2. The Labute approximate surface area is 138 Å². The number of carbonyl (C=O) groups is 2. The molecule has 4 nitrogen and oxygen atoms in total. The second-order valence-corrected chi connectivity index (χ2v) is 6.64. The Hall–Kier alpha value is -1.84. The van der Waals surface area contributed by atoms with Crippen molar-refractivity contribution in [2.45, 2.75) is 44.9 Å². The average Bonchev–Trinajstić information content (AvgIpc) is 2.91. The third-order valence-corrected chi connectivity index (χ3v) is 4.89. The van der Waals surface area contributed by atoms with Crippen LogP contribution in [-0.4, -0.2) is 47.8 Å². The second-order valence-electron chi connectivity index (χ2n) is 6.64. The van der Waals surface area contributed by atoms with Gasteiger partial charge in [0.25, 0.3) is 11.8 Å². The normalized spacial score (nSPS) is 19.3. The van der Waals surface area contributed by atoms with Crippen LogP contribution in [0, 0.1) is 0 Å². The van der Waals surface area contributed by atoms with Gasteiger partial charge in [-0.15, -0.1) is 0 Å². The lowest BCUT2D eigenvalue weighted by atomic mass is 10.1. The van der Waals surface area contributed by atoms with Gasteiger partial charge in [-0.25, -0.2) is 0 Å². The van der Waals surface area contributed by atoms with Crippen LogP contribution in [0.25, 0.3) is 0 Å². The summed E-state index contributed by atoms with van der Waals surface area (Å²) in [5.41, 5.74) is 1.29. The van der Waals surface area contributed by atoms with Gasteiger partial charge in [0.15, 0.2) is 0 Å². The van der Waals surface area contributed by atoms with Gasteiger partial charge in [0.2, 0.25) is 0 Å². The van der Waals surface area contributed by atoms with Gasteiger partial charge in [-0.2, -0.15) is 0 Å². The highest BCUT2D eigenvalue weighted by Crippen LogP contribution is 2.17. The van der Waals surface area contributed by atoms with E-state index in [1.54, 1.807) is 6.07 Å². The molecule has 1 aromatic carbocycles. The molecule has 0 radical (unpaired) electrons. The molecule has 4 heteroatoms. The van der Waals surface area contributed by atoms with Crippen LogP contribution < -0.4 is 0 Å². The Morgan fingerprint density at radius 1 is 0.652 bits per heavy atom. The third-order valence-electron chi connectivity index (χ3n) is 4.89. The molecule has 23 heavy (non-hydrogen) atoms. The van der Waals surface area contributed by atoms with Gasteiger partial charge < -0.3 is 9.80 Å². The summed E-state index contributed by atoms with van der Waals surface area (Å²) >= 11 is 0. The molecule has 2 amide bonds. The summed E-state index contributed by atoms with van der Waals surface area (Å²) in [6, 6.07) is 7.28. The lowest BCUT2D eigenvalue weighted by Crippen LogP contribution is -2.36. The number of likely N-dealkylation sites (tertiary alicyclic amines) is 2. The zero-order chi connectivity index (χ0) is 16.1. The number of amides is 2. The van der Waals surface area contributed by atoms with E-state index in [0.717, 1.165) is 51.9 Å². The minimum Gasteiger partial charge on any atom is -0.339 e. The van der Waals surface area contributed by atoms with Crippen molar-refractivity contribution < 1.29 is 9.59 Å².